The number of halogens is 1. The quantitative estimate of drug-likeness (QED) is 0.681. The Morgan fingerprint density at radius 3 is 2.74 bits per heavy atom. The Morgan fingerprint density at radius 2 is 2.13 bits per heavy atom. The van der Waals surface area contributed by atoms with E-state index in [1.54, 1.807) is 14.0 Å². The molecule has 0 spiro atoms. The second kappa shape index (κ2) is 7.14. The number of hydrogen-bond acceptors (Lipinski definition) is 3. The van der Waals surface area contributed by atoms with Crippen LogP contribution in [0.15, 0.2) is 33.5 Å². The van der Waals surface area contributed by atoms with E-state index in [1.807, 2.05) is 17.1 Å². The molecule has 1 amide bonds. The fourth-order valence-electron chi connectivity index (χ4n) is 3.16. The summed E-state index contributed by atoms with van der Waals surface area (Å²) in [6, 6.07) is 0. The first-order valence-electron chi connectivity index (χ1n) is 7.89. The summed E-state index contributed by atoms with van der Waals surface area (Å²) < 4.78 is 5.91. The molecular formula is C18H24BrNO3. The van der Waals surface area contributed by atoms with E-state index in [2.05, 4.69) is 29.8 Å². The van der Waals surface area contributed by atoms with Gasteiger partial charge in [0.2, 0.25) is 5.91 Å². The summed E-state index contributed by atoms with van der Waals surface area (Å²) in [5.41, 5.74) is 2.52. The Kier molecular flexibility index (Phi) is 5.63. The van der Waals surface area contributed by atoms with E-state index in [1.165, 1.54) is 5.57 Å². The van der Waals surface area contributed by atoms with Gasteiger partial charge in [-0.3, -0.25) is 9.59 Å². The lowest BCUT2D eigenvalue weighted by molar-refractivity contribution is -0.132. The van der Waals surface area contributed by atoms with Gasteiger partial charge >= 0.3 is 0 Å². The van der Waals surface area contributed by atoms with Crippen LogP contribution in [0.4, 0.5) is 0 Å². The predicted octanol–water partition coefficient (Wildman–Crippen LogP) is 3.73. The van der Waals surface area contributed by atoms with Crippen LogP contribution in [-0.2, 0) is 14.3 Å². The van der Waals surface area contributed by atoms with E-state index in [0.717, 1.165) is 23.0 Å². The minimum Gasteiger partial charge on any atom is -0.385 e. The van der Waals surface area contributed by atoms with Gasteiger partial charge in [0.05, 0.1) is 0 Å². The third-order valence-electron chi connectivity index (χ3n) is 4.44. The van der Waals surface area contributed by atoms with Crippen molar-refractivity contribution in [1.82, 2.24) is 4.90 Å². The number of allylic oxidation sites excluding steroid dienone is 5. The van der Waals surface area contributed by atoms with Gasteiger partial charge in [-0.25, -0.2) is 0 Å². The standard InChI is InChI=1S/C18H24BrNO3/c1-12(21)13-10-16-14(6-7-15(13)19)18(2,3)11-17(22)20(16)8-5-9-23-4/h7,10H,5-6,8-9,11H2,1-4H3. The van der Waals surface area contributed by atoms with Crippen LogP contribution in [0.5, 0.6) is 0 Å². The molecule has 0 unspecified atom stereocenters. The Morgan fingerprint density at radius 1 is 1.43 bits per heavy atom. The molecule has 0 aromatic carbocycles. The van der Waals surface area contributed by atoms with E-state index >= 15 is 0 Å². The van der Waals surface area contributed by atoms with Crippen molar-refractivity contribution in [3.63, 3.8) is 0 Å². The molecule has 1 aliphatic carbocycles. The maximum Gasteiger partial charge on any atom is 0.227 e. The first-order chi connectivity index (χ1) is 10.8. The maximum atomic E-state index is 12.6. The van der Waals surface area contributed by atoms with Crippen LogP contribution in [0, 0.1) is 5.41 Å². The molecule has 1 aliphatic heterocycles. The minimum absolute atomic E-state index is 0.00505. The molecule has 2 rings (SSSR count). The molecule has 4 nitrogen and oxygen atoms in total. The van der Waals surface area contributed by atoms with Gasteiger partial charge in [0, 0.05) is 42.4 Å². The third-order valence-corrected chi connectivity index (χ3v) is 5.20. The molecule has 0 radical (unpaired) electrons. The highest BCUT2D eigenvalue weighted by Crippen LogP contribution is 2.44. The first-order valence-corrected chi connectivity index (χ1v) is 8.69. The van der Waals surface area contributed by atoms with Gasteiger partial charge in [0.25, 0.3) is 0 Å². The summed E-state index contributed by atoms with van der Waals surface area (Å²) in [6.07, 6.45) is 5.91. The van der Waals surface area contributed by atoms with Gasteiger partial charge in [-0.05, 0) is 36.8 Å². The topological polar surface area (TPSA) is 46.6 Å². The number of amides is 1. The van der Waals surface area contributed by atoms with Gasteiger partial charge in [-0.15, -0.1) is 0 Å². The zero-order chi connectivity index (χ0) is 17.2. The lowest BCUT2D eigenvalue weighted by Crippen LogP contribution is -2.41. The van der Waals surface area contributed by atoms with E-state index in [0.29, 0.717) is 25.1 Å². The molecule has 0 aromatic heterocycles. The van der Waals surface area contributed by atoms with Crippen molar-refractivity contribution in [1.29, 1.82) is 0 Å². The largest absolute Gasteiger partial charge is 0.385 e. The lowest BCUT2D eigenvalue weighted by atomic mass is 9.75. The second-order valence-electron chi connectivity index (χ2n) is 6.69. The zero-order valence-corrected chi connectivity index (χ0v) is 15.8. The van der Waals surface area contributed by atoms with Gasteiger partial charge in [-0.2, -0.15) is 0 Å². The van der Waals surface area contributed by atoms with Crippen LogP contribution >= 0.6 is 15.9 Å². The van der Waals surface area contributed by atoms with Crippen molar-refractivity contribution < 1.29 is 14.3 Å². The molecule has 0 saturated carbocycles. The number of rotatable bonds is 5. The number of ether oxygens (including phenoxy) is 1. The average Bonchev–Trinajstić information content (AvgIpc) is 2.62. The van der Waals surface area contributed by atoms with Crippen molar-refractivity contribution in [2.24, 2.45) is 5.41 Å². The SMILES string of the molecule is COCCCN1C(=O)CC(C)(C)C2=C1C=C(C(C)=O)C(Br)=CC2. The molecule has 0 bridgehead atoms. The van der Waals surface area contributed by atoms with Crippen LogP contribution in [0.2, 0.25) is 0 Å². The van der Waals surface area contributed by atoms with Crippen molar-refractivity contribution >= 4 is 27.6 Å². The summed E-state index contributed by atoms with van der Waals surface area (Å²) in [6.45, 7) is 6.97. The van der Waals surface area contributed by atoms with Crippen molar-refractivity contribution in [2.45, 2.75) is 40.0 Å². The van der Waals surface area contributed by atoms with Crippen LogP contribution in [-0.4, -0.2) is 36.9 Å². The number of carbonyl (C=O) groups is 2. The number of Topliss-reactive ketones (excluding diaryl/α,β-unsaturated/α-hetero) is 1. The average molecular weight is 382 g/mol. The Bertz CT molecular complexity index is 614. The molecule has 5 heteroatoms. The number of nitrogens with zero attached hydrogens (tertiary/aromatic N) is 1. The number of methoxy groups -OCH3 is 1. The molecule has 0 aromatic rings. The highest BCUT2D eigenvalue weighted by molar-refractivity contribution is 9.12. The molecule has 2 aliphatic rings. The lowest BCUT2D eigenvalue weighted by Gasteiger charge is -2.39. The van der Waals surface area contributed by atoms with Crippen LogP contribution in [0.25, 0.3) is 0 Å². The fraction of sp³-hybridized carbons (Fsp3) is 0.556. The summed E-state index contributed by atoms with van der Waals surface area (Å²) in [7, 11) is 1.66. The van der Waals surface area contributed by atoms with E-state index in [-0.39, 0.29) is 17.1 Å². The molecular weight excluding hydrogens is 358 g/mol. The molecule has 23 heavy (non-hydrogen) atoms. The molecule has 126 valence electrons. The van der Waals surface area contributed by atoms with Gasteiger partial charge in [-0.1, -0.05) is 35.9 Å². The van der Waals surface area contributed by atoms with Crippen LogP contribution < -0.4 is 0 Å². The summed E-state index contributed by atoms with van der Waals surface area (Å²) in [4.78, 5) is 26.4. The zero-order valence-electron chi connectivity index (χ0n) is 14.2. The smallest absolute Gasteiger partial charge is 0.227 e. The third kappa shape index (κ3) is 3.83. The molecule has 0 N–H and O–H groups in total. The molecule has 0 fully saturated rings. The maximum absolute atomic E-state index is 12.6. The fourth-order valence-corrected chi connectivity index (χ4v) is 3.71. The Hall–Kier alpha value is -1.20. The van der Waals surface area contributed by atoms with Gasteiger partial charge in [0.15, 0.2) is 5.78 Å². The summed E-state index contributed by atoms with van der Waals surface area (Å²) in [5.74, 6) is 0.108. The molecule has 0 atom stereocenters. The van der Waals surface area contributed by atoms with Gasteiger partial charge in [0.1, 0.15) is 0 Å². The van der Waals surface area contributed by atoms with Crippen molar-refractivity contribution in [3.8, 4) is 0 Å². The van der Waals surface area contributed by atoms with Crippen LogP contribution in [0.3, 0.4) is 0 Å². The summed E-state index contributed by atoms with van der Waals surface area (Å²) >= 11 is 3.50. The number of hydrogen-bond donors (Lipinski definition) is 0. The van der Waals surface area contributed by atoms with Crippen molar-refractivity contribution in [3.05, 3.63) is 33.5 Å². The number of ketones is 1. The monoisotopic (exact) mass is 381 g/mol. The van der Waals surface area contributed by atoms with Crippen molar-refractivity contribution in [2.75, 3.05) is 20.3 Å². The predicted molar refractivity (Wildman–Crippen MR) is 94.0 cm³/mol. The molecule has 0 saturated heterocycles. The van der Waals surface area contributed by atoms with Crippen LogP contribution in [0.1, 0.15) is 40.0 Å². The van der Waals surface area contributed by atoms with E-state index in [4.69, 9.17) is 4.74 Å². The summed E-state index contributed by atoms with van der Waals surface area (Å²) in [5, 5.41) is 0. The van der Waals surface area contributed by atoms with E-state index in [9.17, 15) is 9.59 Å². The second-order valence-corrected chi connectivity index (χ2v) is 7.54. The Balaban J connectivity index is 2.49. The molecule has 1 heterocycles. The normalized spacial score (nSPS) is 20.7. The highest BCUT2D eigenvalue weighted by atomic mass is 79.9. The van der Waals surface area contributed by atoms with E-state index < -0.39 is 0 Å². The van der Waals surface area contributed by atoms with Gasteiger partial charge < -0.3 is 9.64 Å². The first kappa shape index (κ1) is 18.1. The minimum atomic E-state index is -0.198. The highest BCUT2D eigenvalue weighted by Gasteiger charge is 2.38. The number of carbonyl (C=O) groups excluding carboxylic acids is 2. The Labute approximate surface area is 146 Å².